The van der Waals surface area contributed by atoms with Crippen molar-refractivity contribution in [1.82, 2.24) is 14.9 Å². The number of hydrogen-bond acceptors (Lipinski definition) is 8. The summed E-state index contributed by atoms with van der Waals surface area (Å²) in [4.78, 5) is 36.0. The number of anilines is 3. The third kappa shape index (κ3) is 4.64. The van der Waals surface area contributed by atoms with Gasteiger partial charge in [-0.05, 0) is 43.2 Å². The van der Waals surface area contributed by atoms with Gasteiger partial charge in [0.05, 0.1) is 22.6 Å². The summed E-state index contributed by atoms with van der Waals surface area (Å²) in [6.07, 6.45) is 5.25. The maximum absolute atomic E-state index is 13.0. The highest BCUT2D eigenvalue weighted by Gasteiger charge is 2.28. The number of amides is 1. The number of carbonyl (C=O) groups excluding carboxylic acids is 1. The highest BCUT2D eigenvalue weighted by molar-refractivity contribution is 7.99. The van der Waals surface area contributed by atoms with Crippen molar-refractivity contribution in [3.63, 3.8) is 0 Å². The van der Waals surface area contributed by atoms with Gasteiger partial charge in [-0.25, -0.2) is 14.8 Å². The molecule has 1 atom stereocenters. The molecule has 2 aliphatic rings. The number of H-pyrrole nitrogens is 1. The van der Waals surface area contributed by atoms with Crippen LogP contribution in [0.5, 0.6) is 5.88 Å². The van der Waals surface area contributed by atoms with Crippen molar-refractivity contribution in [2.75, 3.05) is 29.0 Å². The molecule has 5 heterocycles. The quantitative estimate of drug-likeness (QED) is 0.237. The highest BCUT2D eigenvalue weighted by atomic mass is 35.5. The van der Waals surface area contributed by atoms with E-state index in [1.165, 1.54) is 35.4 Å². The molecule has 4 aromatic rings. The molecule has 2 aliphatic heterocycles. The Morgan fingerprint density at radius 3 is 2.79 bits per heavy atom. The third-order valence-corrected chi connectivity index (χ3v) is 8.14. The standard InChI is InChI=1S/C26H24ClN7O3S/c27-21-15(28-23(35)20-24(36)30-18-9-2-5-14-34(18)25(20)37)7-6-8-17(21)38-19-11-10-16-22(31-19)32-26(29-16)33-12-3-1-4-13-33/h2,5-11,14,26,29H,1,3-4,12-13H2,(H3,28,31,32,35,36,37)/p+1. The van der Waals surface area contributed by atoms with Crippen LogP contribution in [0.25, 0.3) is 5.65 Å². The predicted molar refractivity (Wildman–Crippen MR) is 146 cm³/mol. The predicted octanol–water partition coefficient (Wildman–Crippen LogP) is 3.88. The van der Waals surface area contributed by atoms with Crippen molar-refractivity contribution >= 4 is 52.1 Å². The topological polar surface area (TPSA) is 126 Å². The number of aromatic amines is 1. The number of benzene rings is 1. The van der Waals surface area contributed by atoms with E-state index < -0.39 is 22.9 Å². The Kier molecular flexibility index (Phi) is 6.56. The van der Waals surface area contributed by atoms with Crippen LogP contribution in [0.2, 0.25) is 5.02 Å². The lowest BCUT2D eigenvalue weighted by Crippen LogP contribution is -2.46. The summed E-state index contributed by atoms with van der Waals surface area (Å²) in [5, 5.41) is 21.3. The van der Waals surface area contributed by atoms with Crippen molar-refractivity contribution in [3.8, 4) is 5.88 Å². The molecule has 5 N–H and O–H groups in total. The van der Waals surface area contributed by atoms with Gasteiger partial charge < -0.3 is 21.1 Å². The summed E-state index contributed by atoms with van der Waals surface area (Å²) in [6.45, 7) is 2.10. The van der Waals surface area contributed by atoms with Crippen LogP contribution in [0.15, 0.2) is 69.4 Å². The van der Waals surface area contributed by atoms with Gasteiger partial charge in [-0.2, -0.15) is 4.40 Å². The van der Waals surface area contributed by atoms with E-state index in [0.29, 0.717) is 21.3 Å². The number of nitrogens with zero attached hydrogens (tertiary/aromatic N) is 3. The van der Waals surface area contributed by atoms with Gasteiger partial charge in [-0.3, -0.25) is 9.69 Å². The molecule has 1 aromatic carbocycles. The molecular formula is C26H25ClN7O3S+. The number of hydrogen-bond donors (Lipinski definition) is 5. The molecule has 1 unspecified atom stereocenters. The van der Waals surface area contributed by atoms with Gasteiger partial charge in [0.1, 0.15) is 5.03 Å². The number of piperidine rings is 1. The zero-order chi connectivity index (χ0) is 26.2. The molecule has 10 nitrogen and oxygen atoms in total. The number of rotatable bonds is 5. The summed E-state index contributed by atoms with van der Waals surface area (Å²) in [7, 11) is 0. The third-order valence-electron chi connectivity index (χ3n) is 6.62. The van der Waals surface area contributed by atoms with Crippen LogP contribution >= 0.6 is 23.4 Å². The SMILES string of the molecule is O=C(Nc1cccc(Sc2ccc3c(n2)NC(N2CCCCC2)N3)c1Cl)c1c(O)[n+]2ccccc2[nH]c1=O. The Morgan fingerprint density at radius 1 is 1.11 bits per heavy atom. The molecule has 1 amide bonds. The number of aromatic hydroxyl groups is 1. The van der Waals surface area contributed by atoms with Gasteiger partial charge in [0.25, 0.3) is 11.6 Å². The average molecular weight is 551 g/mol. The summed E-state index contributed by atoms with van der Waals surface area (Å²) >= 11 is 8.02. The minimum Gasteiger partial charge on any atom is -0.477 e. The monoisotopic (exact) mass is 550 g/mol. The molecule has 0 bridgehead atoms. The molecule has 3 aromatic heterocycles. The number of halogens is 1. The van der Waals surface area contributed by atoms with Gasteiger partial charge in [0.2, 0.25) is 5.56 Å². The highest BCUT2D eigenvalue weighted by Crippen LogP contribution is 2.39. The summed E-state index contributed by atoms with van der Waals surface area (Å²) in [5.41, 5.74) is 0.501. The van der Waals surface area contributed by atoms with Gasteiger partial charge in [0, 0.05) is 24.1 Å². The van der Waals surface area contributed by atoms with Crippen LogP contribution in [0.1, 0.15) is 29.6 Å². The van der Waals surface area contributed by atoms with Crippen molar-refractivity contribution in [2.45, 2.75) is 35.5 Å². The lowest BCUT2D eigenvalue weighted by molar-refractivity contribution is -0.525. The molecule has 1 fully saturated rings. The van der Waals surface area contributed by atoms with Gasteiger partial charge >= 0.3 is 11.4 Å². The molecule has 6 rings (SSSR count). The zero-order valence-electron chi connectivity index (χ0n) is 20.2. The lowest BCUT2D eigenvalue weighted by Gasteiger charge is -2.32. The smallest absolute Gasteiger partial charge is 0.352 e. The summed E-state index contributed by atoms with van der Waals surface area (Å²) in [6, 6.07) is 14.1. The largest absolute Gasteiger partial charge is 0.477 e. The first-order chi connectivity index (χ1) is 18.5. The fourth-order valence-corrected chi connectivity index (χ4v) is 5.85. The van der Waals surface area contributed by atoms with E-state index in [9.17, 15) is 14.7 Å². The Balaban J connectivity index is 1.20. The molecule has 1 saturated heterocycles. The lowest BCUT2D eigenvalue weighted by atomic mass is 10.1. The van der Waals surface area contributed by atoms with Gasteiger partial charge in [-0.1, -0.05) is 41.9 Å². The van der Waals surface area contributed by atoms with E-state index in [2.05, 4.69) is 25.8 Å². The van der Waals surface area contributed by atoms with Crippen molar-refractivity contribution in [2.24, 2.45) is 0 Å². The Labute approximate surface area is 227 Å². The number of carbonyl (C=O) groups is 1. The first-order valence-corrected chi connectivity index (χ1v) is 13.5. The summed E-state index contributed by atoms with van der Waals surface area (Å²) < 4.78 is 1.32. The molecule has 38 heavy (non-hydrogen) atoms. The Morgan fingerprint density at radius 2 is 1.95 bits per heavy atom. The fourth-order valence-electron chi connectivity index (χ4n) is 4.72. The van der Waals surface area contributed by atoms with E-state index in [4.69, 9.17) is 16.6 Å². The molecule has 0 saturated carbocycles. The van der Waals surface area contributed by atoms with Crippen LogP contribution in [0.3, 0.4) is 0 Å². The second-order valence-electron chi connectivity index (χ2n) is 9.12. The molecule has 0 spiro atoms. The van der Waals surface area contributed by atoms with Crippen LogP contribution < -0.4 is 25.9 Å². The first kappa shape index (κ1) is 24.5. The molecule has 194 valence electrons. The van der Waals surface area contributed by atoms with Crippen molar-refractivity contribution < 1.29 is 14.3 Å². The van der Waals surface area contributed by atoms with Crippen LogP contribution in [-0.2, 0) is 0 Å². The summed E-state index contributed by atoms with van der Waals surface area (Å²) in [5.74, 6) is -0.454. The van der Waals surface area contributed by atoms with Crippen molar-refractivity contribution in [3.05, 3.63) is 75.7 Å². The maximum Gasteiger partial charge on any atom is 0.352 e. The number of fused-ring (bicyclic) bond motifs is 2. The number of likely N-dealkylation sites (tertiary alicyclic amines) is 1. The van der Waals surface area contributed by atoms with Crippen LogP contribution in [-0.4, -0.2) is 45.3 Å². The minimum absolute atomic E-state index is 0.0352. The van der Waals surface area contributed by atoms with E-state index >= 15 is 0 Å². The van der Waals surface area contributed by atoms with Gasteiger partial charge in [0.15, 0.2) is 12.1 Å². The van der Waals surface area contributed by atoms with E-state index in [1.54, 1.807) is 36.5 Å². The van der Waals surface area contributed by atoms with Crippen molar-refractivity contribution in [1.29, 1.82) is 0 Å². The molecule has 0 radical (unpaired) electrons. The minimum atomic E-state index is -0.777. The van der Waals surface area contributed by atoms with Crippen LogP contribution in [0, 0.1) is 0 Å². The number of aromatic nitrogens is 3. The van der Waals surface area contributed by atoms with Crippen LogP contribution in [0.4, 0.5) is 17.2 Å². The fraction of sp³-hybridized carbons (Fsp3) is 0.231. The number of nitrogens with one attached hydrogen (secondary N) is 4. The van der Waals surface area contributed by atoms with E-state index in [1.807, 2.05) is 18.2 Å². The second-order valence-corrected chi connectivity index (χ2v) is 10.6. The molecule has 0 aliphatic carbocycles. The second kappa shape index (κ2) is 10.2. The van der Waals surface area contributed by atoms with Gasteiger partial charge in [-0.15, -0.1) is 0 Å². The number of pyridine rings is 2. The average Bonchev–Trinajstić information content (AvgIpc) is 3.35. The zero-order valence-corrected chi connectivity index (χ0v) is 21.8. The molecule has 12 heteroatoms. The van der Waals surface area contributed by atoms with E-state index in [0.717, 1.165) is 29.6 Å². The Hall–Kier alpha value is -3.80. The Bertz CT molecular complexity index is 1610. The maximum atomic E-state index is 13.0. The molecular weight excluding hydrogens is 526 g/mol. The normalized spacial score (nSPS) is 17.0. The first-order valence-electron chi connectivity index (χ1n) is 12.3. The van der Waals surface area contributed by atoms with E-state index in [-0.39, 0.29) is 6.29 Å².